The number of hydrogen-bond donors (Lipinski definition) is 2. The highest BCUT2D eigenvalue weighted by atomic mass is 32.1. The van der Waals surface area contributed by atoms with Crippen LogP contribution in [0.25, 0.3) is 31.8 Å². The van der Waals surface area contributed by atoms with Gasteiger partial charge in [-0.15, -0.1) is 11.3 Å². The van der Waals surface area contributed by atoms with Crippen molar-refractivity contribution in [1.29, 1.82) is 0 Å². The Hall–Kier alpha value is -3.33. The second-order valence-electron chi connectivity index (χ2n) is 5.83. The zero-order valence-corrected chi connectivity index (χ0v) is 15.3. The van der Waals surface area contributed by atoms with E-state index in [1.54, 1.807) is 38.1 Å². The van der Waals surface area contributed by atoms with Crippen LogP contribution < -0.4 is 11.2 Å². The normalized spacial score (nSPS) is 11.2. The Kier molecular flexibility index (Phi) is 4.08. The maximum Gasteiger partial charge on any atom is 0.338 e. The molecule has 8 nitrogen and oxygen atoms in total. The van der Waals surface area contributed by atoms with Crippen molar-refractivity contribution in [2.24, 2.45) is 0 Å². The summed E-state index contributed by atoms with van der Waals surface area (Å²) in [5.74, 6) is 0.0880. The van der Waals surface area contributed by atoms with E-state index in [9.17, 15) is 14.4 Å². The third kappa shape index (κ3) is 2.91. The first-order chi connectivity index (χ1) is 13.0. The van der Waals surface area contributed by atoms with Crippen molar-refractivity contribution in [3.05, 3.63) is 56.4 Å². The number of thiophene rings is 1. The number of fused-ring (bicyclic) bond motifs is 3. The third-order valence-corrected chi connectivity index (χ3v) is 5.14. The van der Waals surface area contributed by atoms with Crippen LogP contribution in [-0.2, 0) is 4.74 Å². The third-order valence-electron chi connectivity index (χ3n) is 4.06. The lowest BCUT2D eigenvalue weighted by atomic mass is 10.1. The summed E-state index contributed by atoms with van der Waals surface area (Å²) in [5.41, 5.74) is 1.27. The number of aromatic amines is 2. The molecule has 1 aromatic carbocycles. The van der Waals surface area contributed by atoms with E-state index in [0.717, 1.165) is 5.56 Å². The van der Waals surface area contributed by atoms with Gasteiger partial charge < -0.3 is 9.72 Å². The van der Waals surface area contributed by atoms with Crippen molar-refractivity contribution in [2.75, 3.05) is 6.61 Å². The van der Waals surface area contributed by atoms with E-state index in [0.29, 0.717) is 44.1 Å². The minimum absolute atomic E-state index is 0.312. The Labute approximate surface area is 155 Å². The van der Waals surface area contributed by atoms with Crippen molar-refractivity contribution in [1.82, 2.24) is 19.9 Å². The molecule has 0 bridgehead atoms. The number of nitrogens with one attached hydrogen (secondary N) is 2. The van der Waals surface area contributed by atoms with Crippen molar-refractivity contribution in [2.45, 2.75) is 13.8 Å². The Bertz CT molecular complexity index is 1300. The van der Waals surface area contributed by atoms with E-state index in [2.05, 4.69) is 19.9 Å². The van der Waals surface area contributed by atoms with Gasteiger partial charge >= 0.3 is 11.7 Å². The Morgan fingerprint density at radius 3 is 2.59 bits per heavy atom. The van der Waals surface area contributed by atoms with Crippen LogP contribution in [0.1, 0.15) is 23.0 Å². The number of carbonyl (C=O) groups is 1. The summed E-state index contributed by atoms with van der Waals surface area (Å²) < 4.78 is 5.37. The fraction of sp³-hybridized carbons (Fsp3) is 0.167. The maximum absolute atomic E-state index is 12.0. The minimum Gasteiger partial charge on any atom is -0.462 e. The summed E-state index contributed by atoms with van der Waals surface area (Å²) in [6.45, 7) is 3.86. The van der Waals surface area contributed by atoms with E-state index >= 15 is 0 Å². The predicted octanol–water partition coefficient (Wildman–Crippen LogP) is 2.37. The van der Waals surface area contributed by atoms with Gasteiger partial charge in [0.15, 0.2) is 5.82 Å². The van der Waals surface area contributed by atoms with Crippen molar-refractivity contribution >= 4 is 37.7 Å². The number of aryl methyl sites for hydroxylation is 1. The number of carbonyl (C=O) groups excluding carboxylic acids is 1. The molecule has 136 valence electrons. The van der Waals surface area contributed by atoms with Gasteiger partial charge in [-0.1, -0.05) is 12.1 Å². The molecule has 9 heteroatoms. The second kappa shape index (κ2) is 6.44. The molecule has 0 saturated heterocycles. The van der Waals surface area contributed by atoms with Crippen LogP contribution >= 0.6 is 11.3 Å². The fourth-order valence-corrected chi connectivity index (χ4v) is 3.93. The number of H-pyrrole nitrogens is 2. The summed E-state index contributed by atoms with van der Waals surface area (Å²) in [5, 5.41) is 0.657. The van der Waals surface area contributed by atoms with Gasteiger partial charge in [0.05, 0.1) is 28.8 Å². The lowest BCUT2D eigenvalue weighted by Gasteiger charge is -2.05. The van der Waals surface area contributed by atoms with Crippen molar-refractivity contribution in [3.8, 4) is 11.4 Å². The fourth-order valence-electron chi connectivity index (χ4n) is 2.85. The molecular formula is C18H14N4O4S. The molecule has 0 aliphatic rings. The average molecular weight is 382 g/mol. The van der Waals surface area contributed by atoms with Gasteiger partial charge in [-0.2, -0.15) is 0 Å². The Balaban J connectivity index is 1.85. The van der Waals surface area contributed by atoms with E-state index < -0.39 is 11.2 Å². The lowest BCUT2D eigenvalue weighted by molar-refractivity contribution is 0.0526. The lowest BCUT2D eigenvalue weighted by Crippen LogP contribution is -2.20. The monoisotopic (exact) mass is 382 g/mol. The molecular weight excluding hydrogens is 368 g/mol. The quantitative estimate of drug-likeness (QED) is 0.525. The number of aromatic nitrogens is 4. The first-order valence-electron chi connectivity index (χ1n) is 8.19. The number of esters is 1. The van der Waals surface area contributed by atoms with E-state index in [4.69, 9.17) is 4.74 Å². The van der Waals surface area contributed by atoms with Gasteiger partial charge in [0.1, 0.15) is 9.53 Å². The van der Waals surface area contributed by atoms with E-state index in [-0.39, 0.29) is 5.97 Å². The highest BCUT2D eigenvalue weighted by molar-refractivity contribution is 7.25. The largest absolute Gasteiger partial charge is 0.462 e. The Morgan fingerprint density at radius 1 is 1.15 bits per heavy atom. The van der Waals surface area contributed by atoms with Gasteiger partial charge in [0.25, 0.3) is 5.56 Å². The zero-order valence-electron chi connectivity index (χ0n) is 14.5. The molecule has 0 aliphatic carbocycles. The first kappa shape index (κ1) is 17.1. The predicted molar refractivity (Wildman–Crippen MR) is 102 cm³/mol. The molecule has 0 saturated carbocycles. The SMILES string of the molecule is CCOC(=O)c1ccc(-c2nc(C)c3c(n2)sc2c(=O)[nH]c(=O)[nH]c23)cc1. The van der Waals surface area contributed by atoms with Crippen LogP contribution in [0.3, 0.4) is 0 Å². The molecule has 27 heavy (non-hydrogen) atoms. The molecule has 0 unspecified atom stereocenters. The van der Waals surface area contributed by atoms with Crippen LogP contribution in [0.2, 0.25) is 0 Å². The van der Waals surface area contributed by atoms with Gasteiger partial charge in [-0.05, 0) is 26.0 Å². The van der Waals surface area contributed by atoms with Crippen molar-refractivity contribution in [3.63, 3.8) is 0 Å². The van der Waals surface area contributed by atoms with Crippen LogP contribution in [0.5, 0.6) is 0 Å². The average Bonchev–Trinajstić information content (AvgIpc) is 3.01. The molecule has 3 heterocycles. The van der Waals surface area contributed by atoms with Gasteiger partial charge in [0.2, 0.25) is 0 Å². The summed E-state index contributed by atoms with van der Waals surface area (Å²) in [7, 11) is 0. The zero-order chi connectivity index (χ0) is 19.1. The topological polar surface area (TPSA) is 118 Å². The molecule has 3 aromatic heterocycles. The van der Waals surface area contributed by atoms with E-state index in [1.807, 2.05) is 0 Å². The summed E-state index contributed by atoms with van der Waals surface area (Å²) >= 11 is 1.20. The number of ether oxygens (including phenoxy) is 1. The van der Waals surface area contributed by atoms with Crippen LogP contribution in [0, 0.1) is 6.92 Å². The molecule has 2 N–H and O–H groups in total. The van der Waals surface area contributed by atoms with E-state index in [1.165, 1.54) is 11.3 Å². The molecule has 0 fully saturated rings. The number of rotatable bonds is 3. The summed E-state index contributed by atoms with van der Waals surface area (Å²) in [6.07, 6.45) is 0. The van der Waals surface area contributed by atoms with Crippen LogP contribution in [0.4, 0.5) is 0 Å². The maximum atomic E-state index is 12.0. The van der Waals surface area contributed by atoms with Crippen molar-refractivity contribution < 1.29 is 9.53 Å². The molecule has 4 aromatic rings. The molecule has 0 amide bonds. The number of hydrogen-bond acceptors (Lipinski definition) is 7. The second-order valence-corrected chi connectivity index (χ2v) is 6.82. The standard InChI is InChI=1S/C18H14N4O4S/c1-3-26-17(24)10-6-4-9(5-7-10)14-19-8(2)11-12-13(27-16(11)21-14)15(23)22-18(25)20-12/h4-7H,3H2,1-2H3,(H2,20,22,23,25). The van der Waals surface area contributed by atoms with Gasteiger partial charge in [-0.25, -0.2) is 19.6 Å². The number of benzene rings is 1. The van der Waals surface area contributed by atoms with Crippen LogP contribution in [0.15, 0.2) is 33.9 Å². The molecule has 0 spiro atoms. The molecule has 0 atom stereocenters. The molecule has 0 aliphatic heterocycles. The minimum atomic E-state index is -0.565. The van der Waals surface area contributed by atoms with Crippen LogP contribution in [-0.4, -0.2) is 32.5 Å². The van der Waals surface area contributed by atoms with Gasteiger partial charge in [-0.3, -0.25) is 9.78 Å². The number of nitrogens with zero attached hydrogens (tertiary/aromatic N) is 2. The first-order valence-corrected chi connectivity index (χ1v) is 9.00. The summed E-state index contributed by atoms with van der Waals surface area (Å²) in [4.78, 5) is 49.9. The highest BCUT2D eigenvalue weighted by Crippen LogP contribution is 2.31. The molecule has 0 radical (unpaired) electrons. The molecule has 4 rings (SSSR count). The Morgan fingerprint density at radius 2 is 1.89 bits per heavy atom. The smallest absolute Gasteiger partial charge is 0.338 e. The van der Waals surface area contributed by atoms with Gasteiger partial charge in [0, 0.05) is 5.56 Å². The highest BCUT2D eigenvalue weighted by Gasteiger charge is 2.16. The summed E-state index contributed by atoms with van der Waals surface area (Å²) in [6, 6.07) is 6.80.